The summed E-state index contributed by atoms with van der Waals surface area (Å²) in [7, 11) is -3.84. The molecule has 1 atom stereocenters. The highest BCUT2D eigenvalue weighted by Gasteiger charge is 2.35. The molecule has 0 saturated carbocycles. The first-order valence-electron chi connectivity index (χ1n) is 5.43. The zero-order chi connectivity index (χ0) is 13.3. The lowest BCUT2D eigenvalue weighted by atomic mass is 10.1. The Bertz CT molecular complexity index is 553. The maximum Gasteiger partial charge on any atom is 0.340 e. The number of aromatic carboxylic acids is 1. The van der Waals surface area contributed by atoms with E-state index in [0.717, 1.165) is 6.20 Å². The van der Waals surface area contributed by atoms with Gasteiger partial charge in [-0.25, -0.2) is 13.2 Å². The Balaban J connectivity index is 2.32. The molecule has 0 bridgehead atoms. The molecule has 18 heavy (non-hydrogen) atoms. The van der Waals surface area contributed by atoms with E-state index in [4.69, 9.17) is 10.8 Å². The quantitative estimate of drug-likeness (QED) is 0.651. The molecule has 0 spiro atoms. The molecule has 2 heterocycles. The van der Waals surface area contributed by atoms with Gasteiger partial charge in [0.1, 0.15) is 5.56 Å². The lowest BCUT2D eigenvalue weighted by Gasteiger charge is -2.15. The maximum atomic E-state index is 12.2. The van der Waals surface area contributed by atoms with Gasteiger partial charge in [-0.2, -0.15) is 9.40 Å². The predicted octanol–water partition coefficient (Wildman–Crippen LogP) is -0.923. The van der Waals surface area contributed by atoms with Gasteiger partial charge < -0.3 is 10.8 Å². The fourth-order valence-corrected chi connectivity index (χ4v) is 3.56. The van der Waals surface area contributed by atoms with Crippen LogP contribution in [0.15, 0.2) is 11.2 Å². The average molecular weight is 274 g/mol. The summed E-state index contributed by atoms with van der Waals surface area (Å²) in [4.78, 5) is 10.9. The molecule has 0 aromatic carbocycles. The van der Waals surface area contributed by atoms with Crippen LogP contribution in [0.3, 0.4) is 0 Å². The first kappa shape index (κ1) is 13.0. The standard InChI is InChI=1S/C9H14N4O4S/c10-3-6-1-2-13(5-6)18(16,17)8-7(9(14)15)4-11-12-8/h4,6H,1-3,5,10H2,(H,11,12)(H,14,15). The van der Waals surface area contributed by atoms with E-state index >= 15 is 0 Å². The molecule has 9 heteroatoms. The highest BCUT2D eigenvalue weighted by atomic mass is 32.2. The molecule has 100 valence electrons. The van der Waals surface area contributed by atoms with Crippen molar-refractivity contribution in [1.29, 1.82) is 0 Å². The van der Waals surface area contributed by atoms with Gasteiger partial charge in [-0.1, -0.05) is 0 Å². The molecule has 1 aromatic heterocycles. The topological polar surface area (TPSA) is 129 Å². The van der Waals surface area contributed by atoms with Crippen LogP contribution < -0.4 is 5.73 Å². The molecular weight excluding hydrogens is 260 g/mol. The van der Waals surface area contributed by atoms with Crippen molar-refractivity contribution in [3.63, 3.8) is 0 Å². The number of carbonyl (C=O) groups is 1. The first-order valence-corrected chi connectivity index (χ1v) is 6.87. The highest BCUT2D eigenvalue weighted by Crippen LogP contribution is 2.24. The van der Waals surface area contributed by atoms with Gasteiger partial charge in [-0.05, 0) is 18.9 Å². The van der Waals surface area contributed by atoms with E-state index in [1.54, 1.807) is 0 Å². The Morgan fingerprint density at radius 2 is 2.39 bits per heavy atom. The number of H-pyrrole nitrogens is 1. The Morgan fingerprint density at radius 1 is 1.67 bits per heavy atom. The lowest BCUT2D eigenvalue weighted by Crippen LogP contribution is -2.31. The van der Waals surface area contributed by atoms with Gasteiger partial charge in [0.25, 0.3) is 10.0 Å². The van der Waals surface area contributed by atoms with E-state index in [1.165, 1.54) is 4.31 Å². The maximum absolute atomic E-state index is 12.2. The van der Waals surface area contributed by atoms with Crippen LogP contribution >= 0.6 is 0 Å². The number of hydrogen-bond donors (Lipinski definition) is 3. The zero-order valence-electron chi connectivity index (χ0n) is 9.54. The summed E-state index contributed by atoms with van der Waals surface area (Å²) in [5.74, 6) is -1.20. The van der Waals surface area contributed by atoms with Crippen molar-refractivity contribution in [3.05, 3.63) is 11.8 Å². The van der Waals surface area contributed by atoms with Crippen molar-refractivity contribution in [3.8, 4) is 0 Å². The van der Waals surface area contributed by atoms with E-state index < -0.39 is 16.0 Å². The molecule has 1 aromatic rings. The second-order valence-electron chi connectivity index (χ2n) is 4.17. The van der Waals surface area contributed by atoms with Crippen LogP contribution in [0.5, 0.6) is 0 Å². The van der Waals surface area contributed by atoms with E-state index in [0.29, 0.717) is 26.1 Å². The van der Waals surface area contributed by atoms with E-state index in [-0.39, 0.29) is 16.5 Å². The van der Waals surface area contributed by atoms with E-state index in [2.05, 4.69) is 10.2 Å². The van der Waals surface area contributed by atoms with Gasteiger partial charge in [-0.3, -0.25) is 5.10 Å². The number of carboxylic acids is 1. The van der Waals surface area contributed by atoms with Crippen LogP contribution in [-0.2, 0) is 10.0 Å². The normalized spacial score (nSPS) is 21.3. The number of aromatic nitrogens is 2. The SMILES string of the molecule is NCC1CCN(S(=O)(=O)c2[nH]ncc2C(=O)O)C1. The van der Waals surface area contributed by atoms with Crippen LogP contribution in [0.1, 0.15) is 16.8 Å². The summed E-state index contributed by atoms with van der Waals surface area (Å²) >= 11 is 0. The summed E-state index contributed by atoms with van der Waals surface area (Å²) in [6.07, 6.45) is 1.68. The Hall–Kier alpha value is -1.45. The summed E-state index contributed by atoms with van der Waals surface area (Å²) < 4.78 is 25.7. The van der Waals surface area contributed by atoms with Crippen LogP contribution in [0.4, 0.5) is 0 Å². The molecule has 1 fully saturated rings. The second kappa shape index (κ2) is 4.67. The monoisotopic (exact) mass is 274 g/mol. The minimum atomic E-state index is -3.84. The van der Waals surface area contributed by atoms with Gasteiger partial charge in [0.15, 0.2) is 5.03 Å². The third kappa shape index (κ3) is 2.11. The molecule has 4 N–H and O–H groups in total. The number of hydrogen-bond acceptors (Lipinski definition) is 5. The first-order chi connectivity index (χ1) is 8.46. The van der Waals surface area contributed by atoms with Crippen molar-refractivity contribution >= 4 is 16.0 Å². The molecule has 2 rings (SSSR count). The lowest BCUT2D eigenvalue weighted by molar-refractivity contribution is 0.0692. The van der Waals surface area contributed by atoms with Gasteiger partial charge in [-0.15, -0.1) is 0 Å². The highest BCUT2D eigenvalue weighted by molar-refractivity contribution is 7.89. The summed E-state index contributed by atoms with van der Waals surface area (Å²) in [5.41, 5.74) is 5.16. The van der Waals surface area contributed by atoms with Crippen molar-refractivity contribution in [1.82, 2.24) is 14.5 Å². The Kier molecular flexibility index (Phi) is 3.37. The molecule has 1 unspecified atom stereocenters. The zero-order valence-corrected chi connectivity index (χ0v) is 10.4. The number of nitrogens with two attached hydrogens (primary N) is 1. The molecule has 0 radical (unpaired) electrons. The third-order valence-corrected chi connectivity index (χ3v) is 4.85. The smallest absolute Gasteiger partial charge is 0.340 e. The van der Waals surface area contributed by atoms with Crippen LogP contribution in [0.25, 0.3) is 0 Å². The van der Waals surface area contributed by atoms with Gasteiger partial charge in [0, 0.05) is 13.1 Å². The number of carboxylic acid groups (broad SMARTS) is 1. The van der Waals surface area contributed by atoms with Crippen LogP contribution in [0, 0.1) is 5.92 Å². The van der Waals surface area contributed by atoms with Crippen molar-refractivity contribution in [2.45, 2.75) is 11.4 Å². The molecule has 0 aliphatic carbocycles. The predicted molar refractivity (Wildman–Crippen MR) is 61.5 cm³/mol. The molecule has 1 aliphatic heterocycles. The fraction of sp³-hybridized carbons (Fsp3) is 0.556. The minimum Gasteiger partial charge on any atom is -0.478 e. The summed E-state index contributed by atoms with van der Waals surface area (Å²) in [5, 5.41) is 14.3. The van der Waals surface area contributed by atoms with Gasteiger partial charge in [0.05, 0.1) is 6.20 Å². The van der Waals surface area contributed by atoms with Crippen molar-refractivity contribution in [2.75, 3.05) is 19.6 Å². The Labute approximate surface area is 104 Å². The van der Waals surface area contributed by atoms with Crippen molar-refractivity contribution < 1.29 is 18.3 Å². The number of rotatable bonds is 4. The number of aromatic amines is 1. The van der Waals surface area contributed by atoms with E-state index in [9.17, 15) is 13.2 Å². The van der Waals surface area contributed by atoms with Crippen LogP contribution in [0.2, 0.25) is 0 Å². The molecule has 8 nitrogen and oxygen atoms in total. The van der Waals surface area contributed by atoms with Gasteiger partial charge >= 0.3 is 5.97 Å². The molecular formula is C9H14N4O4S. The van der Waals surface area contributed by atoms with E-state index in [1.807, 2.05) is 0 Å². The summed E-state index contributed by atoms with van der Waals surface area (Å²) in [6, 6.07) is 0. The number of nitrogens with zero attached hydrogens (tertiary/aromatic N) is 2. The number of sulfonamides is 1. The van der Waals surface area contributed by atoms with Crippen LogP contribution in [-0.4, -0.2) is 53.6 Å². The summed E-state index contributed by atoms with van der Waals surface area (Å²) in [6.45, 7) is 1.08. The Morgan fingerprint density at radius 3 is 2.94 bits per heavy atom. The molecule has 0 amide bonds. The number of nitrogens with one attached hydrogen (secondary N) is 1. The fourth-order valence-electron chi connectivity index (χ4n) is 1.96. The molecule has 1 aliphatic rings. The second-order valence-corrected chi connectivity index (χ2v) is 6.05. The van der Waals surface area contributed by atoms with Crippen molar-refractivity contribution in [2.24, 2.45) is 11.7 Å². The largest absolute Gasteiger partial charge is 0.478 e. The minimum absolute atomic E-state index is 0.121. The van der Waals surface area contributed by atoms with Gasteiger partial charge in [0.2, 0.25) is 0 Å². The molecule has 1 saturated heterocycles. The average Bonchev–Trinajstić information content (AvgIpc) is 2.98. The third-order valence-electron chi connectivity index (χ3n) is 3.01.